The number of anilines is 2. The Morgan fingerprint density at radius 3 is 2.35 bits per heavy atom. The van der Waals surface area contributed by atoms with Gasteiger partial charge in [0, 0.05) is 21.8 Å². The van der Waals surface area contributed by atoms with Gasteiger partial charge in [0.2, 0.25) is 10.9 Å². The average Bonchev–Trinajstić information content (AvgIpc) is 3.56. The van der Waals surface area contributed by atoms with Crippen LogP contribution in [0, 0.1) is 0 Å². The number of aromatic nitrogens is 3. The van der Waals surface area contributed by atoms with Crippen LogP contribution in [-0.2, 0) is 15.0 Å². The van der Waals surface area contributed by atoms with E-state index in [0.717, 1.165) is 16.9 Å². The number of nitrogens with one attached hydrogen (secondary N) is 1. The molecule has 1 aliphatic heterocycles. The molecule has 10 heteroatoms. The van der Waals surface area contributed by atoms with E-state index < -0.39 is 11.5 Å². The van der Waals surface area contributed by atoms with Crippen molar-refractivity contribution in [1.29, 1.82) is 0 Å². The molecule has 0 aliphatic carbocycles. The molecule has 0 bridgehead atoms. The Balaban J connectivity index is 1.35. The number of hydrogen-bond acceptors (Lipinski definition) is 6. The predicted octanol–water partition coefficient (Wildman–Crippen LogP) is 4.67. The number of fused-ring (bicyclic) bond motifs is 2. The largest absolute Gasteiger partial charge is 0.325 e. The fourth-order valence-corrected chi connectivity index (χ4v) is 5.78. The van der Waals surface area contributed by atoms with Gasteiger partial charge in [-0.3, -0.25) is 19.3 Å². The summed E-state index contributed by atoms with van der Waals surface area (Å²) < 4.78 is 1.48. The topological polar surface area (TPSA) is 96.7 Å². The first-order valence-electron chi connectivity index (χ1n) is 12.6. The first-order valence-corrected chi connectivity index (χ1v) is 13.8. The molecule has 3 aromatic carbocycles. The van der Waals surface area contributed by atoms with Gasteiger partial charge in [0.1, 0.15) is 11.1 Å². The highest BCUT2D eigenvalue weighted by molar-refractivity contribution is 7.15. The molecule has 0 radical (unpaired) electrons. The van der Waals surface area contributed by atoms with Crippen molar-refractivity contribution in [1.82, 2.24) is 14.6 Å². The lowest BCUT2D eigenvalue weighted by Gasteiger charge is -2.18. The van der Waals surface area contributed by atoms with Gasteiger partial charge in [0.05, 0.1) is 11.3 Å². The number of nitrogens with zero attached hydrogens (tertiary/aromatic N) is 4. The molecule has 0 unspecified atom stereocenters. The molecule has 200 valence electrons. The average molecular weight is 570 g/mol. The summed E-state index contributed by atoms with van der Waals surface area (Å²) in [4.78, 5) is 46.3. The van der Waals surface area contributed by atoms with Crippen molar-refractivity contribution in [3.63, 3.8) is 0 Å². The Morgan fingerprint density at radius 1 is 0.975 bits per heavy atom. The molecule has 6 rings (SSSR count). The third-order valence-electron chi connectivity index (χ3n) is 6.75. The third-order valence-corrected chi connectivity index (χ3v) is 8.03. The molecule has 40 heavy (non-hydrogen) atoms. The molecular weight excluding hydrogens is 546 g/mol. The van der Waals surface area contributed by atoms with Gasteiger partial charge < -0.3 is 5.32 Å². The summed E-state index contributed by atoms with van der Waals surface area (Å²) in [6.07, 6.45) is 0. The number of para-hydroxylation sites is 1. The number of halogens is 1. The van der Waals surface area contributed by atoms with Crippen LogP contribution in [0.25, 0.3) is 21.9 Å². The fraction of sp³-hybridized carbons (Fsp3) is 0.167. The third kappa shape index (κ3) is 4.57. The Bertz CT molecular complexity index is 1900. The minimum absolute atomic E-state index is 0.0172. The molecular formula is C30H24ClN5O3S. The monoisotopic (exact) mass is 569 g/mol. The van der Waals surface area contributed by atoms with Crippen molar-refractivity contribution < 1.29 is 9.59 Å². The van der Waals surface area contributed by atoms with Gasteiger partial charge in [-0.05, 0) is 41.3 Å². The standard InChI is InChI=1S/C30H24ClN5O3S/c1-30(2,3)18-10-8-17(9-11-18)26-33-29-36(34-26)28(39)25(40-29)24-21-6-4-5-7-22(21)35(27(24)38)16-23(37)32-20-14-12-19(31)13-15-20/h4-15H,16H2,1-3H3,(H,32,37)/b25-24-. The maximum atomic E-state index is 13.7. The molecule has 3 heterocycles. The zero-order valence-corrected chi connectivity index (χ0v) is 23.5. The van der Waals surface area contributed by atoms with Gasteiger partial charge in [0.25, 0.3) is 11.5 Å². The number of hydrogen-bond donors (Lipinski definition) is 1. The zero-order chi connectivity index (χ0) is 28.2. The quantitative estimate of drug-likeness (QED) is 0.339. The van der Waals surface area contributed by atoms with E-state index in [0.29, 0.717) is 32.7 Å². The van der Waals surface area contributed by atoms with E-state index in [4.69, 9.17) is 11.6 Å². The van der Waals surface area contributed by atoms with Crippen LogP contribution in [0.4, 0.5) is 11.4 Å². The first-order chi connectivity index (χ1) is 19.1. The van der Waals surface area contributed by atoms with Gasteiger partial charge in [-0.2, -0.15) is 9.50 Å². The first kappa shape index (κ1) is 25.9. The molecule has 8 nitrogen and oxygen atoms in total. The summed E-state index contributed by atoms with van der Waals surface area (Å²) >= 11 is 7.04. The summed E-state index contributed by atoms with van der Waals surface area (Å²) in [5.74, 6) is -0.357. The SMILES string of the molecule is CC(C)(C)c1ccc(-c2nc3s/c(=C4\C(=O)N(CC(=O)Nc5ccc(Cl)cc5)c5ccccc54)c(=O)n3n2)cc1. The van der Waals surface area contributed by atoms with Crippen molar-refractivity contribution in [3.8, 4) is 11.4 Å². The van der Waals surface area contributed by atoms with Gasteiger partial charge in [-0.1, -0.05) is 86.2 Å². The van der Waals surface area contributed by atoms with Crippen molar-refractivity contribution in [2.45, 2.75) is 26.2 Å². The smallest absolute Gasteiger partial charge is 0.291 e. The van der Waals surface area contributed by atoms with Crippen LogP contribution in [0.15, 0.2) is 77.6 Å². The van der Waals surface area contributed by atoms with Crippen molar-refractivity contribution in [2.24, 2.45) is 0 Å². The normalized spacial score (nSPS) is 14.6. The van der Waals surface area contributed by atoms with Crippen molar-refractivity contribution in [2.75, 3.05) is 16.8 Å². The van der Waals surface area contributed by atoms with Crippen LogP contribution in [0.5, 0.6) is 0 Å². The number of carbonyl (C=O) groups excluding carboxylic acids is 2. The van der Waals surface area contributed by atoms with Gasteiger partial charge in [0.15, 0.2) is 5.82 Å². The van der Waals surface area contributed by atoms with E-state index >= 15 is 0 Å². The van der Waals surface area contributed by atoms with Gasteiger partial charge in [-0.25, -0.2) is 0 Å². The molecule has 5 aromatic rings. The maximum Gasteiger partial charge on any atom is 0.291 e. The van der Waals surface area contributed by atoms with Gasteiger partial charge >= 0.3 is 0 Å². The number of benzene rings is 3. The highest BCUT2D eigenvalue weighted by Gasteiger charge is 2.35. The summed E-state index contributed by atoms with van der Waals surface area (Å²) in [6.45, 7) is 6.22. The molecule has 2 amide bonds. The van der Waals surface area contributed by atoms with Crippen LogP contribution in [0.1, 0.15) is 31.9 Å². The molecule has 0 saturated heterocycles. The summed E-state index contributed by atoms with van der Waals surface area (Å²) in [6, 6.07) is 21.8. The lowest BCUT2D eigenvalue weighted by molar-refractivity contribution is -0.118. The zero-order valence-electron chi connectivity index (χ0n) is 21.9. The molecule has 2 aromatic heterocycles. The Kier molecular flexibility index (Phi) is 6.28. The van der Waals surface area contributed by atoms with E-state index in [9.17, 15) is 14.4 Å². The number of rotatable bonds is 4. The second-order valence-corrected chi connectivity index (χ2v) is 11.9. The molecule has 0 fully saturated rings. The molecule has 0 saturated carbocycles. The van der Waals surface area contributed by atoms with Crippen LogP contribution in [0.2, 0.25) is 5.02 Å². The summed E-state index contributed by atoms with van der Waals surface area (Å²) in [5, 5.41) is 7.79. The second kappa shape index (κ2) is 9.69. The van der Waals surface area contributed by atoms with E-state index in [2.05, 4.69) is 36.2 Å². The molecule has 0 atom stereocenters. The van der Waals surface area contributed by atoms with E-state index in [1.165, 1.54) is 15.0 Å². The Morgan fingerprint density at radius 2 is 1.68 bits per heavy atom. The molecule has 1 aliphatic rings. The van der Waals surface area contributed by atoms with Crippen LogP contribution in [0.3, 0.4) is 0 Å². The lowest BCUT2D eigenvalue weighted by atomic mass is 9.87. The molecule has 0 spiro atoms. The van der Waals surface area contributed by atoms with Crippen LogP contribution < -0.4 is 20.3 Å². The van der Waals surface area contributed by atoms with E-state index in [-0.39, 0.29) is 28.0 Å². The Hall–Kier alpha value is -4.34. The van der Waals surface area contributed by atoms with Crippen molar-refractivity contribution >= 4 is 56.7 Å². The Labute approximate surface area is 238 Å². The number of thiazole rings is 1. The fourth-order valence-electron chi connectivity index (χ4n) is 4.66. The van der Waals surface area contributed by atoms with Crippen LogP contribution in [-0.4, -0.2) is 33.0 Å². The minimum atomic E-state index is -0.424. The predicted molar refractivity (Wildman–Crippen MR) is 158 cm³/mol. The highest BCUT2D eigenvalue weighted by Crippen LogP contribution is 2.35. The minimum Gasteiger partial charge on any atom is -0.325 e. The highest BCUT2D eigenvalue weighted by atomic mass is 35.5. The van der Waals surface area contributed by atoms with E-state index in [1.54, 1.807) is 48.5 Å². The number of carbonyl (C=O) groups is 2. The van der Waals surface area contributed by atoms with Gasteiger partial charge in [-0.15, -0.1) is 5.10 Å². The second-order valence-electron chi connectivity index (χ2n) is 10.5. The van der Waals surface area contributed by atoms with E-state index in [1.807, 2.05) is 24.3 Å². The lowest BCUT2D eigenvalue weighted by Crippen LogP contribution is -2.37. The summed E-state index contributed by atoms with van der Waals surface area (Å²) in [5.41, 5.74) is 3.54. The molecule has 1 N–H and O–H groups in total. The van der Waals surface area contributed by atoms with Crippen LogP contribution >= 0.6 is 22.9 Å². The maximum absolute atomic E-state index is 13.7. The van der Waals surface area contributed by atoms with Crippen molar-refractivity contribution in [3.05, 3.63) is 104 Å². The number of amides is 2. The summed E-state index contributed by atoms with van der Waals surface area (Å²) in [7, 11) is 0.